The highest BCUT2D eigenvalue weighted by Gasteiger charge is 2.34. The van der Waals surface area contributed by atoms with Crippen LogP contribution in [0.4, 0.5) is 8.78 Å². The summed E-state index contributed by atoms with van der Waals surface area (Å²) < 4.78 is 25.0. The Kier molecular flexibility index (Phi) is 10.8. The molecule has 2 heteroatoms. The van der Waals surface area contributed by atoms with Gasteiger partial charge in [0.05, 0.1) is 13.3 Å². The van der Waals surface area contributed by atoms with Gasteiger partial charge in [0.2, 0.25) is 0 Å². The number of hydrogen-bond acceptors (Lipinski definition) is 0. The molecule has 0 amide bonds. The van der Waals surface area contributed by atoms with E-state index < -0.39 is 0 Å². The van der Waals surface area contributed by atoms with Crippen LogP contribution in [0.1, 0.15) is 122 Å². The summed E-state index contributed by atoms with van der Waals surface area (Å²) in [6.45, 7) is -0.213. The molecule has 0 heterocycles. The third-order valence-electron chi connectivity index (χ3n) is 9.15. The highest BCUT2D eigenvalue weighted by molar-refractivity contribution is 4.85. The first-order chi connectivity index (χ1) is 14.3. The molecular weight excluding hydrogens is 362 g/mol. The van der Waals surface area contributed by atoms with E-state index in [0.29, 0.717) is 5.92 Å². The average molecular weight is 411 g/mol. The van der Waals surface area contributed by atoms with Crippen LogP contribution in [-0.4, -0.2) is 13.3 Å². The Bertz CT molecular complexity index is 399. The van der Waals surface area contributed by atoms with Crippen LogP contribution in [0.2, 0.25) is 0 Å². The van der Waals surface area contributed by atoms with Crippen LogP contribution >= 0.6 is 0 Å². The van der Waals surface area contributed by atoms with E-state index in [1.807, 2.05) is 0 Å². The maximum atomic E-state index is 12.9. The molecule has 0 nitrogen and oxygen atoms in total. The van der Waals surface area contributed by atoms with Gasteiger partial charge in [0.15, 0.2) is 0 Å². The minimum atomic E-state index is -0.133. The largest absolute Gasteiger partial charge is 0.251 e. The van der Waals surface area contributed by atoms with Crippen LogP contribution in [0.3, 0.4) is 0 Å². The smallest absolute Gasteiger partial charge is 0.0922 e. The van der Waals surface area contributed by atoms with Crippen LogP contribution in [-0.2, 0) is 0 Å². The lowest BCUT2D eigenvalue weighted by Crippen LogP contribution is -2.30. The molecule has 0 aromatic heterocycles. The number of unbranched alkanes of at least 4 members (excludes halogenated alkanes) is 5. The second-order valence-electron chi connectivity index (χ2n) is 11.0. The molecule has 0 radical (unpaired) electrons. The summed E-state index contributed by atoms with van der Waals surface area (Å²) in [5.74, 6) is 5.32. The summed E-state index contributed by atoms with van der Waals surface area (Å²) in [4.78, 5) is 0. The quantitative estimate of drug-likeness (QED) is 0.298. The summed E-state index contributed by atoms with van der Waals surface area (Å²) in [5, 5.41) is 0. The molecule has 3 aliphatic carbocycles. The summed E-state index contributed by atoms with van der Waals surface area (Å²) in [6.07, 6.45) is 25.4. The maximum Gasteiger partial charge on any atom is 0.0922 e. The zero-order valence-corrected chi connectivity index (χ0v) is 19.1. The topological polar surface area (TPSA) is 0 Å². The van der Waals surface area contributed by atoms with Crippen molar-refractivity contribution in [1.82, 2.24) is 0 Å². The van der Waals surface area contributed by atoms with Crippen molar-refractivity contribution >= 4 is 0 Å². The van der Waals surface area contributed by atoms with Crippen molar-refractivity contribution in [1.29, 1.82) is 0 Å². The van der Waals surface area contributed by atoms with E-state index in [9.17, 15) is 8.78 Å². The van der Waals surface area contributed by atoms with Crippen LogP contribution in [0.25, 0.3) is 0 Å². The van der Waals surface area contributed by atoms with Crippen molar-refractivity contribution in [2.75, 3.05) is 13.3 Å². The molecule has 3 fully saturated rings. The van der Waals surface area contributed by atoms with E-state index in [1.165, 1.54) is 96.3 Å². The molecule has 0 aromatic rings. The molecule has 0 unspecified atom stereocenters. The van der Waals surface area contributed by atoms with E-state index in [0.717, 1.165) is 55.3 Å². The Balaban J connectivity index is 1.24. The second kappa shape index (κ2) is 13.3. The van der Waals surface area contributed by atoms with Crippen molar-refractivity contribution in [3.05, 3.63) is 0 Å². The normalized spacial score (nSPS) is 36.2. The van der Waals surface area contributed by atoms with E-state index >= 15 is 0 Å². The van der Waals surface area contributed by atoms with Gasteiger partial charge in [-0.25, -0.2) is 0 Å². The molecule has 0 atom stereocenters. The maximum absolute atomic E-state index is 12.9. The van der Waals surface area contributed by atoms with Crippen molar-refractivity contribution in [2.45, 2.75) is 122 Å². The van der Waals surface area contributed by atoms with E-state index in [-0.39, 0.29) is 13.3 Å². The van der Waals surface area contributed by atoms with Gasteiger partial charge in [0.1, 0.15) is 0 Å². The van der Waals surface area contributed by atoms with Gasteiger partial charge in [-0.1, -0.05) is 51.4 Å². The molecular formula is C27H48F2. The van der Waals surface area contributed by atoms with E-state index in [4.69, 9.17) is 0 Å². The second-order valence-corrected chi connectivity index (χ2v) is 11.0. The van der Waals surface area contributed by atoms with E-state index in [2.05, 4.69) is 0 Å². The lowest BCUT2D eigenvalue weighted by molar-refractivity contribution is 0.0998. The predicted molar refractivity (Wildman–Crippen MR) is 121 cm³/mol. The Morgan fingerprint density at radius 2 is 0.793 bits per heavy atom. The molecule has 0 aliphatic heterocycles. The summed E-state index contributed by atoms with van der Waals surface area (Å²) in [5.41, 5.74) is 0. The number of hydrogen-bond donors (Lipinski definition) is 0. The lowest BCUT2D eigenvalue weighted by atomic mass is 9.65. The molecule has 3 aliphatic rings. The molecule has 0 aromatic carbocycles. The van der Waals surface area contributed by atoms with Gasteiger partial charge in [0.25, 0.3) is 0 Å². The fourth-order valence-electron chi connectivity index (χ4n) is 7.08. The number of rotatable bonds is 11. The van der Waals surface area contributed by atoms with Crippen molar-refractivity contribution in [2.24, 2.45) is 35.5 Å². The van der Waals surface area contributed by atoms with Gasteiger partial charge in [-0.2, -0.15) is 0 Å². The first kappa shape index (κ1) is 23.5. The summed E-state index contributed by atoms with van der Waals surface area (Å²) >= 11 is 0. The van der Waals surface area contributed by atoms with Gasteiger partial charge in [0, 0.05) is 0 Å². The minimum absolute atomic E-state index is 0.0808. The fourth-order valence-corrected chi connectivity index (χ4v) is 7.08. The minimum Gasteiger partial charge on any atom is -0.251 e. The predicted octanol–water partition coefficient (Wildman–Crippen LogP) is 9.08. The van der Waals surface area contributed by atoms with Gasteiger partial charge in [-0.05, 0) is 106 Å². The SMILES string of the molecule is FCCCCCCCCC1CCC(C2CCC(C3CCC(CF)CC3)CC2)CC1. The first-order valence-electron chi connectivity index (χ1n) is 13.4. The Labute approximate surface area is 180 Å². The third kappa shape index (κ3) is 7.80. The molecule has 0 saturated heterocycles. The van der Waals surface area contributed by atoms with Crippen molar-refractivity contribution in [3.8, 4) is 0 Å². The lowest BCUT2D eigenvalue weighted by Gasteiger charge is -2.41. The Hall–Kier alpha value is -0.140. The van der Waals surface area contributed by atoms with Gasteiger partial charge >= 0.3 is 0 Å². The van der Waals surface area contributed by atoms with Crippen LogP contribution in [0.5, 0.6) is 0 Å². The van der Waals surface area contributed by atoms with Gasteiger partial charge in [-0.3, -0.25) is 8.78 Å². The summed E-state index contributed by atoms with van der Waals surface area (Å²) in [6, 6.07) is 0. The molecule has 170 valence electrons. The highest BCUT2D eigenvalue weighted by Crippen LogP contribution is 2.46. The Morgan fingerprint density at radius 3 is 1.24 bits per heavy atom. The van der Waals surface area contributed by atoms with Gasteiger partial charge in [-0.15, -0.1) is 0 Å². The molecule has 29 heavy (non-hydrogen) atoms. The monoisotopic (exact) mass is 410 g/mol. The molecule has 3 saturated carbocycles. The average Bonchev–Trinajstić information content (AvgIpc) is 2.79. The zero-order valence-electron chi connectivity index (χ0n) is 19.1. The standard InChI is InChI=1S/C27H48F2/c28-20-6-4-2-1-3-5-7-22-8-12-24(13-9-22)26-16-18-27(19-17-26)25-14-10-23(21-29)11-15-25/h22-27H,1-21H2. The summed E-state index contributed by atoms with van der Waals surface area (Å²) in [7, 11) is 0. The fraction of sp³-hybridized carbons (Fsp3) is 1.00. The zero-order chi connectivity index (χ0) is 20.3. The number of alkyl halides is 2. The van der Waals surface area contributed by atoms with Crippen LogP contribution in [0.15, 0.2) is 0 Å². The van der Waals surface area contributed by atoms with Crippen LogP contribution in [0, 0.1) is 35.5 Å². The van der Waals surface area contributed by atoms with Gasteiger partial charge < -0.3 is 0 Å². The molecule has 0 spiro atoms. The molecule has 0 bridgehead atoms. The van der Waals surface area contributed by atoms with Crippen LogP contribution < -0.4 is 0 Å². The molecule has 3 rings (SSSR count). The van der Waals surface area contributed by atoms with Crippen molar-refractivity contribution < 1.29 is 8.78 Å². The highest BCUT2D eigenvalue weighted by atomic mass is 19.1. The third-order valence-corrected chi connectivity index (χ3v) is 9.15. The first-order valence-corrected chi connectivity index (χ1v) is 13.4. The number of halogens is 2. The Morgan fingerprint density at radius 1 is 0.414 bits per heavy atom. The van der Waals surface area contributed by atoms with E-state index in [1.54, 1.807) is 0 Å². The van der Waals surface area contributed by atoms with Crippen molar-refractivity contribution in [3.63, 3.8) is 0 Å². The molecule has 0 N–H and O–H groups in total.